The Morgan fingerprint density at radius 1 is 1.19 bits per heavy atom. The van der Waals surface area contributed by atoms with Crippen LogP contribution in [0.3, 0.4) is 0 Å². The van der Waals surface area contributed by atoms with Gasteiger partial charge in [-0.1, -0.05) is 6.07 Å². The molecule has 116 valence electrons. The second-order valence-electron chi connectivity index (χ2n) is 5.21. The molecule has 1 fully saturated rings. The van der Waals surface area contributed by atoms with Gasteiger partial charge in [0.1, 0.15) is 5.75 Å². The van der Waals surface area contributed by atoms with Gasteiger partial charge in [-0.15, -0.1) is 0 Å². The number of methoxy groups -OCH3 is 2. The minimum absolute atomic E-state index is 0.0856. The maximum absolute atomic E-state index is 12.6. The van der Waals surface area contributed by atoms with Crippen molar-refractivity contribution in [3.8, 4) is 5.75 Å². The van der Waals surface area contributed by atoms with E-state index in [9.17, 15) is 4.79 Å². The Hall–Kier alpha value is -1.59. The molecule has 5 heteroatoms. The summed E-state index contributed by atoms with van der Waals surface area (Å²) in [6.45, 7) is 5.16. The van der Waals surface area contributed by atoms with E-state index in [0.29, 0.717) is 5.56 Å². The van der Waals surface area contributed by atoms with Crippen LogP contribution in [-0.2, 0) is 4.74 Å². The molecule has 1 aromatic rings. The van der Waals surface area contributed by atoms with E-state index in [1.54, 1.807) is 20.3 Å². The highest BCUT2D eigenvalue weighted by Gasteiger charge is 2.20. The van der Waals surface area contributed by atoms with Crippen molar-refractivity contribution in [3.05, 3.63) is 29.8 Å². The SMILES string of the molecule is COCCN1CCCN(C(=O)c2cccc(OC)c2)CC1. The van der Waals surface area contributed by atoms with Crippen LogP contribution in [-0.4, -0.2) is 69.3 Å². The summed E-state index contributed by atoms with van der Waals surface area (Å²) in [5.41, 5.74) is 0.694. The zero-order valence-electron chi connectivity index (χ0n) is 12.9. The molecule has 0 atom stereocenters. The molecular weight excluding hydrogens is 268 g/mol. The molecule has 1 aliphatic rings. The lowest BCUT2D eigenvalue weighted by molar-refractivity contribution is 0.0759. The van der Waals surface area contributed by atoms with E-state index in [1.165, 1.54) is 0 Å². The molecule has 0 saturated carbocycles. The topological polar surface area (TPSA) is 42.0 Å². The van der Waals surface area contributed by atoms with Gasteiger partial charge in [-0.2, -0.15) is 0 Å². The Balaban J connectivity index is 1.96. The Morgan fingerprint density at radius 3 is 2.81 bits per heavy atom. The van der Waals surface area contributed by atoms with Crippen LogP contribution < -0.4 is 4.74 Å². The van der Waals surface area contributed by atoms with Crippen LogP contribution in [0.5, 0.6) is 5.75 Å². The van der Waals surface area contributed by atoms with Gasteiger partial charge in [-0.25, -0.2) is 0 Å². The third-order valence-corrected chi connectivity index (χ3v) is 3.80. The lowest BCUT2D eigenvalue weighted by Crippen LogP contribution is -2.36. The zero-order valence-corrected chi connectivity index (χ0v) is 12.9. The van der Waals surface area contributed by atoms with Gasteiger partial charge in [0.05, 0.1) is 13.7 Å². The lowest BCUT2D eigenvalue weighted by atomic mass is 10.2. The van der Waals surface area contributed by atoms with E-state index in [2.05, 4.69) is 4.90 Å². The largest absolute Gasteiger partial charge is 0.497 e. The molecule has 0 radical (unpaired) electrons. The van der Waals surface area contributed by atoms with E-state index in [0.717, 1.165) is 51.5 Å². The number of rotatable bonds is 5. The van der Waals surface area contributed by atoms with Gasteiger partial charge in [0.15, 0.2) is 0 Å². The summed E-state index contributed by atoms with van der Waals surface area (Å²) in [5, 5.41) is 0. The van der Waals surface area contributed by atoms with Crippen molar-refractivity contribution in [1.82, 2.24) is 9.80 Å². The fourth-order valence-corrected chi connectivity index (χ4v) is 2.56. The third kappa shape index (κ3) is 4.44. The minimum Gasteiger partial charge on any atom is -0.497 e. The molecule has 0 bridgehead atoms. The summed E-state index contributed by atoms with van der Waals surface area (Å²) >= 11 is 0. The fourth-order valence-electron chi connectivity index (χ4n) is 2.56. The van der Waals surface area contributed by atoms with Crippen LogP contribution in [0.1, 0.15) is 16.8 Å². The zero-order chi connectivity index (χ0) is 15.1. The van der Waals surface area contributed by atoms with Crippen LogP contribution in [0.15, 0.2) is 24.3 Å². The molecule has 21 heavy (non-hydrogen) atoms. The van der Waals surface area contributed by atoms with Crippen molar-refractivity contribution >= 4 is 5.91 Å². The highest BCUT2D eigenvalue weighted by molar-refractivity contribution is 5.94. The maximum atomic E-state index is 12.6. The Morgan fingerprint density at radius 2 is 2.05 bits per heavy atom. The smallest absolute Gasteiger partial charge is 0.254 e. The second-order valence-corrected chi connectivity index (χ2v) is 5.21. The molecule has 0 aromatic heterocycles. The van der Waals surface area contributed by atoms with Gasteiger partial charge >= 0.3 is 0 Å². The number of carbonyl (C=O) groups excluding carboxylic acids is 1. The highest BCUT2D eigenvalue weighted by atomic mass is 16.5. The first-order valence-corrected chi connectivity index (χ1v) is 7.39. The number of benzene rings is 1. The monoisotopic (exact) mass is 292 g/mol. The normalized spacial score (nSPS) is 16.6. The summed E-state index contributed by atoms with van der Waals surface area (Å²) in [5.74, 6) is 0.805. The Bertz CT molecular complexity index is 465. The summed E-state index contributed by atoms with van der Waals surface area (Å²) in [7, 11) is 3.33. The maximum Gasteiger partial charge on any atom is 0.254 e. The van der Waals surface area contributed by atoms with Crippen LogP contribution in [0.2, 0.25) is 0 Å². The van der Waals surface area contributed by atoms with Crippen molar-refractivity contribution in [1.29, 1.82) is 0 Å². The molecule has 0 spiro atoms. The van der Waals surface area contributed by atoms with E-state index in [4.69, 9.17) is 9.47 Å². The molecule has 1 amide bonds. The molecule has 1 saturated heterocycles. The minimum atomic E-state index is 0.0856. The molecule has 0 aliphatic carbocycles. The van der Waals surface area contributed by atoms with Gasteiger partial charge in [0.25, 0.3) is 5.91 Å². The van der Waals surface area contributed by atoms with Crippen molar-refractivity contribution < 1.29 is 14.3 Å². The molecular formula is C16H24N2O3. The summed E-state index contributed by atoms with van der Waals surface area (Å²) in [4.78, 5) is 16.9. The van der Waals surface area contributed by atoms with Gasteiger partial charge in [0.2, 0.25) is 0 Å². The van der Waals surface area contributed by atoms with Crippen molar-refractivity contribution in [3.63, 3.8) is 0 Å². The average molecular weight is 292 g/mol. The first-order chi connectivity index (χ1) is 10.2. The van der Waals surface area contributed by atoms with Gasteiger partial charge in [-0.3, -0.25) is 9.69 Å². The number of hydrogen-bond acceptors (Lipinski definition) is 4. The van der Waals surface area contributed by atoms with Crippen molar-refractivity contribution in [2.24, 2.45) is 0 Å². The van der Waals surface area contributed by atoms with Gasteiger partial charge in [0, 0.05) is 38.9 Å². The highest BCUT2D eigenvalue weighted by Crippen LogP contribution is 2.15. The first kappa shape index (κ1) is 15.8. The molecule has 1 aromatic carbocycles. The van der Waals surface area contributed by atoms with E-state index in [-0.39, 0.29) is 5.91 Å². The van der Waals surface area contributed by atoms with E-state index >= 15 is 0 Å². The van der Waals surface area contributed by atoms with Gasteiger partial charge in [-0.05, 0) is 31.2 Å². The quantitative estimate of drug-likeness (QED) is 0.824. The second kappa shape index (κ2) is 8.00. The van der Waals surface area contributed by atoms with E-state index in [1.807, 2.05) is 23.1 Å². The first-order valence-electron chi connectivity index (χ1n) is 7.39. The average Bonchev–Trinajstić information content (AvgIpc) is 2.78. The molecule has 2 rings (SSSR count). The van der Waals surface area contributed by atoms with Gasteiger partial charge < -0.3 is 14.4 Å². The third-order valence-electron chi connectivity index (χ3n) is 3.80. The summed E-state index contributed by atoms with van der Waals surface area (Å²) in [6.07, 6.45) is 0.999. The Labute approximate surface area is 126 Å². The molecule has 5 nitrogen and oxygen atoms in total. The number of nitrogens with zero attached hydrogens (tertiary/aromatic N) is 2. The fraction of sp³-hybridized carbons (Fsp3) is 0.562. The predicted molar refractivity (Wildman–Crippen MR) is 81.8 cm³/mol. The van der Waals surface area contributed by atoms with Crippen LogP contribution in [0.4, 0.5) is 0 Å². The van der Waals surface area contributed by atoms with E-state index < -0.39 is 0 Å². The molecule has 1 aliphatic heterocycles. The van der Waals surface area contributed by atoms with Crippen LogP contribution in [0, 0.1) is 0 Å². The standard InChI is InChI=1S/C16H24N2O3/c1-20-12-11-17-7-4-8-18(10-9-17)16(19)14-5-3-6-15(13-14)21-2/h3,5-6,13H,4,7-12H2,1-2H3. The number of amides is 1. The summed E-state index contributed by atoms with van der Waals surface area (Å²) < 4.78 is 10.3. The molecule has 0 unspecified atom stereocenters. The number of ether oxygens (including phenoxy) is 2. The Kier molecular flexibility index (Phi) is 6.02. The number of hydrogen-bond donors (Lipinski definition) is 0. The number of carbonyl (C=O) groups is 1. The van der Waals surface area contributed by atoms with Crippen molar-refractivity contribution in [2.75, 3.05) is 53.6 Å². The lowest BCUT2D eigenvalue weighted by Gasteiger charge is -2.22. The van der Waals surface area contributed by atoms with Crippen molar-refractivity contribution in [2.45, 2.75) is 6.42 Å². The predicted octanol–water partition coefficient (Wildman–Crippen LogP) is 1.49. The molecule has 1 heterocycles. The van der Waals surface area contributed by atoms with Crippen LogP contribution >= 0.6 is 0 Å². The molecule has 0 N–H and O–H groups in total. The van der Waals surface area contributed by atoms with Crippen LogP contribution in [0.25, 0.3) is 0 Å². The summed E-state index contributed by atoms with van der Waals surface area (Å²) in [6, 6.07) is 7.36.